The van der Waals surface area contributed by atoms with Crippen LogP contribution < -0.4 is 11.1 Å². The molecule has 2 rings (SSSR count). The molecule has 1 amide bonds. The lowest BCUT2D eigenvalue weighted by Gasteiger charge is -2.20. The Morgan fingerprint density at radius 2 is 2.25 bits per heavy atom. The minimum absolute atomic E-state index is 0.264. The van der Waals surface area contributed by atoms with E-state index in [1.807, 2.05) is 0 Å². The molecular formula is C11H12N2O3. The van der Waals surface area contributed by atoms with Crippen molar-refractivity contribution in [2.24, 2.45) is 0 Å². The molecule has 0 saturated carbocycles. The Balaban J connectivity index is 2.58. The van der Waals surface area contributed by atoms with E-state index in [9.17, 15) is 9.59 Å². The summed E-state index contributed by atoms with van der Waals surface area (Å²) in [5, 5.41) is 11.5. The van der Waals surface area contributed by atoms with Crippen molar-refractivity contribution in [3.05, 3.63) is 23.8 Å². The second-order valence-electron chi connectivity index (χ2n) is 4.13. The number of rotatable bonds is 2. The smallest absolute Gasteiger partial charge is 0.304 e. The van der Waals surface area contributed by atoms with Gasteiger partial charge in [-0.25, -0.2) is 0 Å². The van der Waals surface area contributed by atoms with Crippen molar-refractivity contribution in [2.75, 3.05) is 11.1 Å². The molecule has 0 aromatic heterocycles. The van der Waals surface area contributed by atoms with E-state index in [2.05, 4.69) is 5.32 Å². The first-order valence-corrected chi connectivity index (χ1v) is 4.87. The van der Waals surface area contributed by atoms with Crippen molar-refractivity contribution < 1.29 is 14.7 Å². The van der Waals surface area contributed by atoms with Gasteiger partial charge in [0.1, 0.15) is 0 Å². The fraction of sp³-hybridized carbons (Fsp3) is 0.273. The maximum absolute atomic E-state index is 11.8. The Morgan fingerprint density at radius 1 is 1.56 bits per heavy atom. The van der Waals surface area contributed by atoms with Gasteiger partial charge in [0.25, 0.3) is 0 Å². The zero-order chi connectivity index (χ0) is 11.9. The number of anilines is 2. The highest BCUT2D eigenvalue weighted by Crippen LogP contribution is 2.43. The van der Waals surface area contributed by atoms with Crippen LogP contribution in [0.2, 0.25) is 0 Å². The molecule has 0 fully saturated rings. The second-order valence-corrected chi connectivity index (χ2v) is 4.13. The maximum Gasteiger partial charge on any atom is 0.304 e. The predicted octanol–water partition coefficient (Wildman–Crippen LogP) is 0.953. The molecule has 1 aromatic carbocycles. The summed E-state index contributed by atoms with van der Waals surface area (Å²) < 4.78 is 0. The van der Waals surface area contributed by atoms with Crippen molar-refractivity contribution in [1.82, 2.24) is 0 Å². The summed E-state index contributed by atoms with van der Waals surface area (Å²) in [7, 11) is 0. The highest BCUT2D eigenvalue weighted by Gasteiger charge is 2.45. The fourth-order valence-corrected chi connectivity index (χ4v) is 2.14. The van der Waals surface area contributed by atoms with Gasteiger partial charge in [0.2, 0.25) is 5.91 Å². The molecule has 16 heavy (non-hydrogen) atoms. The normalized spacial score (nSPS) is 22.7. The molecular weight excluding hydrogens is 208 g/mol. The van der Waals surface area contributed by atoms with E-state index in [4.69, 9.17) is 10.8 Å². The van der Waals surface area contributed by atoms with Gasteiger partial charge in [-0.2, -0.15) is 0 Å². The molecule has 1 aromatic rings. The lowest BCUT2D eigenvalue weighted by Crippen LogP contribution is -2.34. The van der Waals surface area contributed by atoms with Gasteiger partial charge < -0.3 is 16.2 Å². The van der Waals surface area contributed by atoms with Crippen LogP contribution in [-0.2, 0) is 15.0 Å². The van der Waals surface area contributed by atoms with Crippen LogP contribution in [0.3, 0.4) is 0 Å². The molecule has 1 heterocycles. The first-order chi connectivity index (χ1) is 7.45. The highest BCUT2D eigenvalue weighted by atomic mass is 16.4. The lowest BCUT2D eigenvalue weighted by molar-refractivity contribution is -0.140. The number of benzene rings is 1. The highest BCUT2D eigenvalue weighted by molar-refractivity contribution is 6.09. The number of carboxylic acids is 1. The topological polar surface area (TPSA) is 92.4 Å². The molecule has 1 aliphatic heterocycles. The van der Waals surface area contributed by atoms with Gasteiger partial charge in [-0.3, -0.25) is 9.59 Å². The van der Waals surface area contributed by atoms with E-state index in [-0.39, 0.29) is 12.3 Å². The van der Waals surface area contributed by atoms with E-state index >= 15 is 0 Å². The largest absolute Gasteiger partial charge is 0.481 e. The van der Waals surface area contributed by atoms with E-state index in [1.54, 1.807) is 25.1 Å². The summed E-state index contributed by atoms with van der Waals surface area (Å²) in [6, 6.07) is 5.11. The predicted molar refractivity (Wildman–Crippen MR) is 59.1 cm³/mol. The molecule has 0 spiro atoms. The summed E-state index contributed by atoms with van der Waals surface area (Å²) in [5.41, 5.74) is 6.36. The number of fused-ring (bicyclic) bond motifs is 1. The third-order valence-corrected chi connectivity index (χ3v) is 2.90. The molecule has 1 unspecified atom stereocenters. The van der Waals surface area contributed by atoms with Crippen molar-refractivity contribution in [3.63, 3.8) is 0 Å². The standard InChI is InChI=1S/C11H12N2O3/c1-11(5-8(14)15)9-6(12)3-2-4-7(9)13-10(11)16/h2-4H,5,12H2,1H3,(H,13,16)(H,14,15). The molecule has 0 saturated heterocycles. The van der Waals surface area contributed by atoms with E-state index < -0.39 is 11.4 Å². The molecule has 0 radical (unpaired) electrons. The number of hydrogen-bond acceptors (Lipinski definition) is 3. The number of carbonyl (C=O) groups is 2. The van der Waals surface area contributed by atoms with Crippen LogP contribution >= 0.6 is 0 Å². The van der Waals surface area contributed by atoms with E-state index in [1.165, 1.54) is 0 Å². The van der Waals surface area contributed by atoms with Crippen LogP contribution in [0.15, 0.2) is 18.2 Å². The Hall–Kier alpha value is -2.04. The number of nitrogen functional groups attached to an aromatic ring is 1. The van der Waals surface area contributed by atoms with Crippen LogP contribution in [0, 0.1) is 0 Å². The summed E-state index contributed by atoms with van der Waals surface area (Å²) in [6.45, 7) is 1.60. The molecule has 5 heteroatoms. The van der Waals surface area contributed by atoms with Crippen LogP contribution in [0.25, 0.3) is 0 Å². The lowest BCUT2D eigenvalue weighted by atomic mass is 9.80. The molecule has 5 nitrogen and oxygen atoms in total. The molecule has 0 bridgehead atoms. The number of carbonyl (C=O) groups excluding carboxylic acids is 1. The Kier molecular flexibility index (Phi) is 2.11. The first-order valence-electron chi connectivity index (χ1n) is 4.87. The summed E-state index contributed by atoms with van der Waals surface area (Å²) >= 11 is 0. The number of amides is 1. The third-order valence-electron chi connectivity index (χ3n) is 2.90. The second kappa shape index (κ2) is 3.23. The van der Waals surface area contributed by atoms with Gasteiger partial charge in [0.15, 0.2) is 0 Å². The Bertz CT molecular complexity index is 484. The molecule has 4 N–H and O–H groups in total. The molecule has 1 aliphatic rings. The maximum atomic E-state index is 11.8. The monoisotopic (exact) mass is 220 g/mol. The van der Waals surface area contributed by atoms with E-state index in [0.29, 0.717) is 16.9 Å². The van der Waals surface area contributed by atoms with Crippen molar-refractivity contribution in [3.8, 4) is 0 Å². The minimum atomic E-state index is -1.08. The van der Waals surface area contributed by atoms with Gasteiger partial charge in [-0.05, 0) is 19.1 Å². The van der Waals surface area contributed by atoms with Gasteiger partial charge in [-0.15, -0.1) is 0 Å². The minimum Gasteiger partial charge on any atom is -0.481 e. The van der Waals surface area contributed by atoms with Gasteiger partial charge >= 0.3 is 5.97 Å². The zero-order valence-electron chi connectivity index (χ0n) is 8.78. The van der Waals surface area contributed by atoms with Crippen LogP contribution in [-0.4, -0.2) is 17.0 Å². The number of nitrogens with two attached hydrogens (primary N) is 1. The van der Waals surface area contributed by atoms with Crippen molar-refractivity contribution >= 4 is 23.3 Å². The fourth-order valence-electron chi connectivity index (χ4n) is 2.14. The summed E-state index contributed by atoms with van der Waals surface area (Å²) in [5.74, 6) is -1.34. The average Bonchev–Trinajstić information content (AvgIpc) is 2.39. The first kappa shape index (κ1) is 10.5. The summed E-state index contributed by atoms with van der Waals surface area (Å²) in [4.78, 5) is 22.6. The Morgan fingerprint density at radius 3 is 2.88 bits per heavy atom. The van der Waals surface area contributed by atoms with Gasteiger partial charge in [0, 0.05) is 16.9 Å². The van der Waals surface area contributed by atoms with Gasteiger partial charge in [0.05, 0.1) is 11.8 Å². The summed E-state index contributed by atoms with van der Waals surface area (Å²) in [6.07, 6.45) is -0.264. The molecule has 1 atom stereocenters. The van der Waals surface area contributed by atoms with Crippen molar-refractivity contribution in [2.45, 2.75) is 18.8 Å². The van der Waals surface area contributed by atoms with Crippen molar-refractivity contribution in [1.29, 1.82) is 0 Å². The number of aliphatic carboxylic acids is 1. The Labute approximate surface area is 92.3 Å². The van der Waals surface area contributed by atoms with E-state index in [0.717, 1.165) is 0 Å². The average molecular weight is 220 g/mol. The number of carboxylic acid groups (broad SMARTS) is 1. The van der Waals surface area contributed by atoms with Crippen LogP contribution in [0.5, 0.6) is 0 Å². The number of hydrogen-bond donors (Lipinski definition) is 3. The van der Waals surface area contributed by atoms with Gasteiger partial charge in [-0.1, -0.05) is 6.07 Å². The SMILES string of the molecule is CC1(CC(=O)O)C(=O)Nc2cccc(N)c21. The molecule has 0 aliphatic carbocycles. The third kappa shape index (κ3) is 1.32. The number of nitrogens with one attached hydrogen (secondary N) is 1. The van der Waals surface area contributed by atoms with Crippen LogP contribution in [0.4, 0.5) is 11.4 Å². The zero-order valence-corrected chi connectivity index (χ0v) is 8.78. The van der Waals surface area contributed by atoms with Crippen LogP contribution in [0.1, 0.15) is 18.9 Å². The quantitative estimate of drug-likeness (QED) is 0.647. The molecule has 84 valence electrons.